The Bertz CT molecular complexity index is 170. The van der Waals surface area contributed by atoms with Crippen LogP contribution in [0.2, 0.25) is 0 Å². The lowest BCUT2D eigenvalue weighted by atomic mass is 9.87. The molecule has 0 spiro atoms. The highest BCUT2D eigenvalue weighted by Crippen LogP contribution is 2.26. The zero-order valence-corrected chi connectivity index (χ0v) is 8.85. The average molecular weight is 168 g/mol. The molecular formula is C11H20O. The van der Waals surface area contributed by atoms with Crippen molar-refractivity contribution in [2.24, 2.45) is 5.41 Å². The van der Waals surface area contributed by atoms with E-state index in [1.807, 2.05) is 6.26 Å². The quantitative estimate of drug-likeness (QED) is 0.462. The lowest BCUT2D eigenvalue weighted by Gasteiger charge is -2.19. The van der Waals surface area contributed by atoms with Crippen molar-refractivity contribution < 1.29 is 4.74 Å². The van der Waals surface area contributed by atoms with Crippen LogP contribution in [0, 0.1) is 5.41 Å². The summed E-state index contributed by atoms with van der Waals surface area (Å²) < 4.78 is 5.01. The van der Waals surface area contributed by atoms with Gasteiger partial charge in [-0.1, -0.05) is 39.8 Å². The topological polar surface area (TPSA) is 9.23 Å². The van der Waals surface area contributed by atoms with Crippen LogP contribution in [-0.4, -0.2) is 7.11 Å². The summed E-state index contributed by atoms with van der Waals surface area (Å²) in [4.78, 5) is 0. The first-order valence-corrected chi connectivity index (χ1v) is 4.42. The lowest BCUT2D eigenvalue weighted by Crippen LogP contribution is -2.07. The Kier molecular flexibility index (Phi) is 4.72. The highest BCUT2D eigenvalue weighted by atomic mass is 16.5. The van der Waals surface area contributed by atoms with E-state index in [1.165, 1.54) is 5.57 Å². The standard InChI is InChI=1S/C11H20O/c1-6-7-8-10(9-12-5)11(2,3)4/h7-9H,6H2,1-5H3/b8-7+,10-9+. The molecule has 0 amide bonds. The minimum Gasteiger partial charge on any atom is -0.504 e. The number of hydrogen-bond donors (Lipinski definition) is 0. The third-order valence-corrected chi connectivity index (χ3v) is 1.64. The predicted molar refractivity (Wildman–Crippen MR) is 54.0 cm³/mol. The minimum absolute atomic E-state index is 0.168. The van der Waals surface area contributed by atoms with Crippen molar-refractivity contribution in [3.05, 3.63) is 24.0 Å². The summed E-state index contributed by atoms with van der Waals surface area (Å²) in [7, 11) is 1.69. The zero-order valence-electron chi connectivity index (χ0n) is 8.85. The minimum atomic E-state index is 0.168. The van der Waals surface area contributed by atoms with Crippen LogP contribution in [0.3, 0.4) is 0 Å². The molecule has 70 valence electrons. The van der Waals surface area contributed by atoms with Crippen molar-refractivity contribution in [2.45, 2.75) is 34.1 Å². The van der Waals surface area contributed by atoms with E-state index in [2.05, 4.69) is 39.8 Å². The summed E-state index contributed by atoms with van der Waals surface area (Å²) in [6, 6.07) is 0. The maximum Gasteiger partial charge on any atom is 0.0861 e. The van der Waals surface area contributed by atoms with Gasteiger partial charge in [0.25, 0.3) is 0 Å². The third kappa shape index (κ3) is 4.22. The van der Waals surface area contributed by atoms with Crippen LogP contribution in [0.4, 0.5) is 0 Å². The van der Waals surface area contributed by atoms with Gasteiger partial charge in [-0.15, -0.1) is 0 Å². The van der Waals surface area contributed by atoms with Crippen molar-refractivity contribution >= 4 is 0 Å². The first kappa shape index (κ1) is 11.3. The molecule has 0 unspecified atom stereocenters. The fourth-order valence-corrected chi connectivity index (χ4v) is 0.838. The Labute approximate surface area is 76.1 Å². The van der Waals surface area contributed by atoms with Gasteiger partial charge in [0, 0.05) is 0 Å². The van der Waals surface area contributed by atoms with Crippen LogP contribution in [0.25, 0.3) is 0 Å². The molecular weight excluding hydrogens is 148 g/mol. The predicted octanol–water partition coefficient (Wildman–Crippen LogP) is 3.53. The first-order chi connectivity index (χ1) is 5.52. The van der Waals surface area contributed by atoms with Gasteiger partial charge in [0.15, 0.2) is 0 Å². The van der Waals surface area contributed by atoms with Crippen molar-refractivity contribution in [3.8, 4) is 0 Å². The van der Waals surface area contributed by atoms with Gasteiger partial charge in [-0.25, -0.2) is 0 Å². The molecule has 0 fully saturated rings. The molecule has 0 aliphatic rings. The van der Waals surface area contributed by atoms with E-state index in [4.69, 9.17) is 4.74 Å². The Morgan fingerprint density at radius 3 is 2.25 bits per heavy atom. The van der Waals surface area contributed by atoms with Crippen LogP contribution in [-0.2, 0) is 4.74 Å². The van der Waals surface area contributed by atoms with E-state index in [-0.39, 0.29) is 5.41 Å². The summed E-state index contributed by atoms with van der Waals surface area (Å²) in [6.07, 6.45) is 7.16. The lowest BCUT2D eigenvalue weighted by molar-refractivity contribution is 0.324. The smallest absolute Gasteiger partial charge is 0.0861 e. The summed E-state index contributed by atoms with van der Waals surface area (Å²) in [5.41, 5.74) is 1.40. The van der Waals surface area contributed by atoms with Crippen LogP contribution in [0.1, 0.15) is 34.1 Å². The Hall–Kier alpha value is -0.720. The normalized spacial score (nSPS) is 13.9. The van der Waals surface area contributed by atoms with E-state index in [1.54, 1.807) is 7.11 Å². The molecule has 0 aliphatic heterocycles. The number of ether oxygens (including phenoxy) is 1. The van der Waals surface area contributed by atoms with Gasteiger partial charge < -0.3 is 4.74 Å². The van der Waals surface area contributed by atoms with Crippen molar-refractivity contribution in [1.82, 2.24) is 0 Å². The molecule has 0 aliphatic carbocycles. The van der Waals surface area contributed by atoms with E-state index in [0.717, 1.165) is 6.42 Å². The highest BCUT2D eigenvalue weighted by molar-refractivity contribution is 5.22. The molecule has 0 aromatic rings. The second-order valence-electron chi connectivity index (χ2n) is 3.87. The monoisotopic (exact) mass is 168 g/mol. The van der Waals surface area contributed by atoms with Gasteiger partial charge >= 0.3 is 0 Å². The summed E-state index contributed by atoms with van der Waals surface area (Å²) >= 11 is 0. The number of rotatable bonds is 3. The Balaban J connectivity index is 4.46. The number of allylic oxidation sites excluding steroid dienone is 3. The van der Waals surface area contributed by atoms with E-state index in [0.29, 0.717) is 0 Å². The molecule has 1 heteroatoms. The molecule has 0 rings (SSSR count). The van der Waals surface area contributed by atoms with Crippen LogP contribution in [0.5, 0.6) is 0 Å². The van der Waals surface area contributed by atoms with Gasteiger partial charge in [0.1, 0.15) is 0 Å². The molecule has 0 bridgehead atoms. The van der Waals surface area contributed by atoms with Crippen molar-refractivity contribution in [2.75, 3.05) is 7.11 Å². The number of methoxy groups -OCH3 is 1. The van der Waals surface area contributed by atoms with Crippen LogP contribution >= 0.6 is 0 Å². The summed E-state index contributed by atoms with van der Waals surface area (Å²) in [6.45, 7) is 8.66. The second-order valence-corrected chi connectivity index (χ2v) is 3.87. The third-order valence-electron chi connectivity index (χ3n) is 1.64. The van der Waals surface area contributed by atoms with Gasteiger partial charge in [0.2, 0.25) is 0 Å². The highest BCUT2D eigenvalue weighted by Gasteiger charge is 2.14. The zero-order chi connectivity index (χ0) is 9.61. The maximum absolute atomic E-state index is 5.01. The van der Waals surface area contributed by atoms with Crippen LogP contribution < -0.4 is 0 Å². The van der Waals surface area contributed by atoms with Crippen molar-refractivity contribution in [1.29, 1.82) is 0 Å². The molecule has 0 N–H and O–H groups in total. The van der Waals surface area contributed by atoms with E-state index in [9.17, 15) is 0 Å². The van der Waals surface area contributed by atoms with Crippen molar-refractivity contribution in [3.63, 3.8) is 0 Å². The first-order valence-electron chi connectivity index (χ1n) is 4.42. The number of hydrogen-bond acceptors (Lipinski definition) is 1. The largest absolute Gasteiger partial charge is 0.504 e. The molecule has 0 aromatic carbocycles. The molecule has 0 heterocycles. The average Bonchev–Trinajstić information content (AvgIpc) is 1.95. The molecule has 12 heavy (non-hydrogen) atoms. The summed E-state index contributed by atoms with van der Waals surface area (Å²) in [5, 5.41) is 0. The fraction of sp³-hybridized carbons (Fsp3) is 0.636. The molecule has 1 nitrogen and oxygen atoms in total. The molecule has 0 atom stereocenters. The van der Waals surface area contributed by atoms with Gasteiger partial charge in [-0.2, -0.15) is 0 Å². The molecule has 0 aromatic heterocycles. The van der Waals surface area contributed by atoms with Crippen LogP contribution in [0.15, 0.2) is 24.0 Å². The SMILES string of the molecule is CC/C=C/C(=C\OC)C(C)(C)C. The van der Waals surface area contributed by atoms with E-state index >= 15 is 0 Å². The molecule has 0 saturated carbocycles. The summed E-state index contributed by atoms with van der Waals surface area (Å²) in [5.74, 6) is 0. The van der Waals surface area contributed by atoms with Gasteiger partial charge in [0.05, 0.1) is 13.4 Å². The fourth-order valence-electron chi connectivity index (χ4n) is 0.838. The maximum atomic E-state index is 5.01. The van der Waals surface area contributed by atoms with Gasteiger partial charge in [-0.05, 0) is 17.4 Å². The Morgan fingerprint density at radius 1 is 1.33 bits per heavy atom. The molecule has 0 saturated heterocycles. The molecule has 0 radical (unpaired) electrons. The Morgan fingerprint density at radius 2 is 1.92 bits per heavy atom. The second kappa shape index (κ2) is 5.02. The van der Waals surface area contributed by atoms with E-state index < -0.39 is 0 Å². The van der Waals surface area contributed by atoms with Gasteiger partial charge in [-0.3, -0.25) is 0 Å².